The van der Waals surface area contributed by atoms with Crippen LogP contribution in [0.5, 0.6) is 0 Å². The highest BCUT2D eigenvalue weighted by Crippen LogP contribution is 2.47. The van der Waals surface area contributed by atoms with Gasteiger partial charge >= 0.3 is 0 Å². The van der Waals surface area contributed by atoms with Crippen LogP contribution in [-0.4, -0.2) is 18.2 Å². The monoisotopic (exact) mass is 261 g/mol. The molecule has 2 nitrogen and oxygen atoms in total. The molecule has 0 spiro atoms. The van der Waals surface area contributed by atoms with E-state index in [4.69, 9.17) is 4.74 Å². The molecule has 1 aromatic rings. The van der Waals surface area contributed by atoms with Gasteiger partial charge in [0.2, 0.25) is 0 Å². The summed E-state index contributed by atoms with van der Waals surface area (Å²) in [6.07, 6.45) is 1.08. The fourth-order valence-corrected chi connectivity index (χ4v) is 3.59. The van der Waals surface area contributed by atoms with Gasteiger partial charge in [0.05, 0.1) is 11.2 Å². The molecule has 2 atom stereocenters. The zero-order valence-corrected chi connectivity index (χ0v) is 13.1. The maximum atomic E-state index is 6.24. The maximum absolute atomic E-state index is 6.24. The molecule has 1 saturated heterocycles. The fraction of sp³-hybridized carbons (Fsp3) is 0.647. The molecule has 1 aromatic carbocycles. The smallest absolute Gasteiger partial charge is 0.0681 e. The number of ether oxygens (including phenoxy) is 1. The predicted octanol–water partition coefficient (Wildman–Crippen LogP) is 3.85. The molecule has 1 aliphatic rings. The van der Waals surface area contributed by atoms with Crippen molar-refractivity contribution in [2.24, 2.45) is 5.92 Å². The van der Waals surface area contributed by atoms with Crippen molar-refractivity contribution in [1.82, 2.24) is 5.32 Å². The van der Waals surface area contributed by atoms with Gasteiger partial charge in [0.25, 0.3) is 0 Å². The van der Waals surface area contributed by atoms with E-state index in [0.717, 1.165) is 6.42 Å². The van der Waals surface area contributed by atoms with Crippen molar-refractivity contribution in [3.05, 3.63) is 35.4 Å². The number of aryl methyl sites for hydroxylation is 1. The molecule has 2 heteroatoms. The number of benzene rings is 1. The van der Waals surface area contributed by atoms with Crippen LogP contribution in [0, 0.1) is 12.8 Å². The minimum Gasteiger partial charge on any atom is -0.369 e. The van der Waals surface area contributed by atoms with Crippen LogP contribution in [0.4, 0.5) is 0 Å². The van der Waals surface area contributed by atoms with E-state index in [-0.39, 0.29) is 11.2 Å². The Labute approximate surface area is 117 Å². The number of rotatable bonds is 3. The van der Waals surface area contributed by atoms with Gasteiger partial charge in [-0.1, -0.05) is 29.8 Å². The van der Waals surface area contributed by atoms with E-state index in [1.807, 2.05) is 0 Å². The highest BCUT2D eigenvalue weighted by Gasteiger charge is 2.48. The first-order chi connectivity index (χ1) is 8.75. The van der Waals surface area contributed by atoms with Crippen molar-refractivity contribution < 1.29 is 4.74 Å². The summed E-state index contributed by atoms with van der Waals surface area (Å²) in [4.78, 5) is 0. The molecular formula is C17H27NO. The molecular weight excluding hydrogens is 234 g/mol. The fourth-order valence-electron chi connectivity index (χ4n) is 3.59. The molecule has 0 radical (unpaired) electrons. The lowest BCUT2D eigenvalue weighted by Crippen LogP contribution is -2.37. The molecule has 1 aliphatic heterocycles. The molecule has 0 aromatic heterocycles. The summed E-state index contributed by atoms with van der Waals surface area (Å²) < 4.78 is 6.24. The summed E-state index contributed by atoms with van der Waals surface area (Å²) in [5.74, 6) is 0.481. The second-order valence-corrected chi connectivity index (χ2v) is 6.96. The summed E-state index contributed by atoms with van der Waals surface area (Å²) in [7, 11) is 2.05. The Bertz CT molecular complexity index is 450. The van der Waals surface area contributed by atoms with Crippen LogP contribution in [-0.2, 0) is 4.74 Å². The van der Waals surface area contributed by atoms with Crippen LogP contribution in [0.1, 0.15) is 51.3 Å². The molecule has 0 amide bonds. The standard InChI is InChI=1S/C17H27NO/c1-12-8-7-9-13(10-12)15(18-6)14-11-16(2,3)19-17(14,4)5/h7-10,14-15,18H,11H2,1-6H3. The quantitative estimate of drug-likeness (QED) is 0.892. The van der Waals surface area contributed by atoms with Gasteiger partial charge in [-0.2, -0.15) is 0 Å². The van der Waals surface area contributed by atoms with Crippen molar-refractivity contribution >= 4 is 0 Å². The Balaban J connectivity index is 2.32. The first-order valence-electron chi connectivity index (χ1n) is 7.19. The first-order valence-corrected chi connectivity index (χ1v) is 7.19. The van der Waals surface area contributed by atoms with Gasteiger partial charge in [0.1, 0.15) is 0 Å². The van der Waals surface area contributed by atoms with Crippen molar-refractivity contribution in [2.45, 2.75) is 58.3 Å². The largest absolute Gasteiger partial charge is 0.369 e. The average Bonchev–Trinajstić information content (AvgIpc) is 2.48. The summed E-state index contributed by atoms with van der Waals surface area (Å²) in [6.45, 7) is 11.0. The van der Waals surface area contributed by atoms with E-state index >= 15 is 0 Å². The topological polar surface area (TPSA) is 21.3 Å². The average molecular weight is 261 g/mol. The lowest BCUT2D eigenvalue weighted by Gasteiger charge is -2.33. The molecule has 19 heavy (non-hydrogen) atoms. The summed E-state index contributed by atoms with van der Waals surface area (Å²) in [5.41, 5.74) is 2.55. The molecule has 1 heterocycles. The molecule has 2 unspecified atom stereocenters. The Morgan fingerprint density at radius 3 is 2.42 bits per heavy atom. The molecule has 106 valence electrons. The minimum atomic E-state index is -0.0963. The SMILES string of the molecule is CNC(c1cccc(C)c1)C1CC(C)(C)OC1(C)C. The van der Waals surface area contributed by atoms with Crippen LogP contribution < -0.4 is 5.32 Å². The number of nitrogens with one attached hydrogen (secondary N) is 1. The van der Waals surface area contributed by atoms with Gasteiger partial charge in [-0.05, 0) is 53.7 Å². The lowest BCUT2D eigenvalue weighted by atomic mass is 9.79. The van der Waals surface area contributed by atoms with E-state index in [9.17, 15) is 0 Å². The van der Waals surface area contributed by atoms with Crippen LogP contribution >= 0.6 is 0 Å². The van der Waals surface area contributed by atoms with Gasteiger partial charge < -0.3 is 10.1 Å². The van der Waals surface area contributed by atoms with Crippen LogP contribution in [0.2, 0.25) is 0 Å². The van der Waals surface area contributed by atoms with Gasteiger partial charge in [0.15, 0.2) is 0 Å². The van der Waals surface area contributed by atoms with Crippen molar-refractivity contribution in [3.8, 4) is 0 Å². The highest BCUT2D eigenvalue weighted by molar-refractivity contribution is 5.26. The number of hydrogen-bond acceptors (Lipinski definition) is 2. The molecule has 2 rings (SSSR count). The third-order valence-electron chi connectivity index (χ3n) is 4.26. The highest BCUT2D eigenvalue weighted by atomic mass is 16.5. The molecule has 1 fully saturated rings. The minimum absolute atomic E-state index is 0.0346. The van der Waals surface area contributed by atoms with Crippen molar-refractivity contribution in [1.29, 1.82) is 0 Å². The van der Waals surface area contributed by atoms with Gasteiger partial charge in [0, 0.05) is 12.0 Å². The normalized spacial score (nSPS) is 26.3. The van der Waals surface area contributed by atoms with E-state index in [0.29, 0.717) is 12.0 Å². The van der Waals surface area contributed by atoms with Gasteiger partial charge in [-0.3, -0.25) is 0 Å². The second-order valence-electron chi connectivity index (χ2n) is 6.96. The summed E-state index contributed by atoms with van der Waals surface area (Å²) >= 11 is 0. The Morgan fingerprint density at radius 1 is 1.26 bits per heavy atom. The van der Waals surface area contributed by atoms with E-state index in [1.54, 1.807) is 0 Å². The molecule has 0 bridgehead atoms. The van der Waals surface area contributed by atoms with Crippen LogP contribution in [0.15, 0.2) is 24.3 Å². The van der Waals surface area contributed by atoms with E-state index in [2.05, 4.69) is 71.2 Å². The Kier molecular flexibility index (Phi) is 3.76. The second kappa shape index (κ2) is 4.92. The predicted molar refractivity (Wildman–Crippen MR) is 80.3 cm³/mol. The van der Waals surface area contributed by atoms with Crippen LogP contribution in [0.25, 0.3) is 0 Å². The zero-order chi connectivity index (χ0) is 14.3. The van der Waals surface area contributed by atoms with E-state index < -0.39 is 0 Å². The number of hydrogen-bond donors (Lipinski definition) is 1. The zero-order valence-electron chi connectivity index (χ0n) is 13.1. The summed E-state index contributed by atoms with van der Waals surface area (Å²) in [5, 5.41) is 3.50. The molecule has 0 aliphatic carbocycles. The maximum Gasteiger partial charge on any atom is 0.0681 e. The van der Waals surface area contributed by atoms with Crippen LogP contribution in [0.3, 0.4) is 0 Å². The lowest BCUT2D eigenvalue weighted by molar-refractivity contribution is -0.0776. The third kappa shape index (κ3) is 3.01. The van der Waals surface area contributed by atoms with E-state index in [1.165, 1.54) is 11.1 Å². The third-order valence-corrected chi connectivity index (χ3v) is 4.26. The Morgan fingerprint density at radius 2 is 1.95 bits per heavy atom. The molecule has 1 N–H and O–H groups in total. The first kappa shape index (κ1) is 14.5. The summed E-state index contributed by atoms with van der Waals surface area (Å²) in [6, 6.07) is 9.13. The van der Waals surface area contributed by atoms with Crippen molar-refractivity contribution in [3.63, 3.8) is 0 Å². The van der Waals surface area contributed by atoms with Gasteiger partial charge in [-0.15, -0.1) is 0 Å². The molecule has 0 saturated carbocycles. The van der Waals surface area contributed by atoms with Crippen molar-refractivity contribution in [2.75, 3.05) is 7.05 Å². The van der Waals surface area contributed by atoms with Gasteiger partial charge in [-0.25, -0.2) is 0 Å². The Hall–Kier alpha value is -0.860.